The number of rotatable bonds is 3. The summed E-state index contributed by atoms with van der Waals surface area (Å²) in [5.41, 5.74) is 2.13. The van der Waals surface area contributed by atoms with E-state index in [9.17, 15) is 4.79 Å². The number of halogens is 1. The minimum atomic E-state index is 0.291. The topological polar surface area (TPSA) is 39.7 Å². The zero-order valence-electron chi connectivity index (χ0n) is 15.9. The zero-order valence-corrected chi connectivity index (χ0v) is 16.7. The number of aromatic nitrogens is 1. The van der Waals surface area contributed by atoms with Crippen molar-refractivity contribution in [2.24, 2.45) is 0 Å². The molecule has 0 aliphatic carbocycles. The van der Waals surface area contributed by atoms with Crippen molar-refractivity contribution in [3.05, 3.63) is 35.5 Å². The van der Waals surface area contributed by atoms with Gasteiger partial charge in [-0.25, -0.2) is 0 Å². The number of likely N-dealkylation sites (tertiary alicyclic amines) is 1. The van der Waals surface area contributed by atoms with E-state index in [2.05, 4.69) is 32.7 Å². The smallest absolute Gasteiger partial charge is 0.236 e. The molecule has 1 amide bonds. The molecule has 5 nitrogen and oxygen atoms in total. The fraction of sp³-hybridized carbons (Fsp3) is 0.524. The van der Waals surface area contributed by atoms with E-state index < -0.39 is 0 Å². The summed E-state index contributed by atoms with van der Waals surface area (Å²) in [6, 6.07) is 8.35. The molecule has 0 bridgehead atoms. The molecule has 2 aromatic rings. The lowest BCUT2D eigenvalue weighted by Crippen LogP contribution is -2.52. The summed E-state index contributed by atoms with van der Waals surface area (Å²) < 4.78 is 0. The number of amides is 1. The molecule has 1 atom stereocenters. The number of piperidine rings is 1. The van der Waals surface area contributed by atoms with Crippen LogP contribution in [-0.2, 0) is 4.79 Å². The molecule has 2 aliphatic heterocycles. The third-order valence-corrected chi connectivity index (χ3v) is 6.11. The van der Waals surface area contributed by atoms with Crippen molar-refractivity contribution in [1.82, 2.24) is 14.8 Å². The maximum absolute atomic E-state index is 12.7. The van der Waals surface area contributed by atoms with Gasteiger partial charge < -0.3 is 9.80 Å². The summed E-state index contributed by atoms with van der Waals surface area (Å²) in [6.07, 6.45) is 5.37. The Hall–Kier alpha value is -1.85. The summed E-state index contributed by atoms with van der Waals surface area (Å²) in [6.45, 7) is 7.30. The van der Waals surface area contributed by atoms with Gasteiger partial charge in [-0.2, -0.15) is 0 Å². The van der Waals surface area contributed by atoms with Gasteiger partial charge in [0.2, 0.25) is 5.91 Å². The Labute approximate surface area is 165 Å². The molecule has 2 saturated heterocycles. The highest BCUT2D eigenvalue weighted by Gasteiger charge is 2.26. The molecule has 144 valence electrons. The number of carbonyl (C=O) groups excluding carboxylic acids is 1. The van der Waals surface area contributed by atoms with E-state index in [4.69, 9.17) is 11.6 Å². The van der Waals surface area contributed by atoms with E-state index in [1.165, 1.54) is 12.1 Å². The monoisotopic (exact) mass is 386 g/mol. The summed E-state index contributed by atoms with van der Waals surface area (Å²) in [5.74, 6) is 0.291. The average molecular weight is 387 g/mol. The van der Waals surface area contributed by atoms with Gasteiger partial charge in [0.05, 0.1) is 12.1 Å². The van der Waals surface area contributed by atoms with Crippen LogP contribution in [-0.4, -0.2) is 66.0 Å². The van der Waals surface area contributed by atoms with E-state index >= 15 is 0 Å². The Balaban J connectivity index is 1.39. The maximum atomic E-state index is 12.7. The Kier molecular flexibility index (Phi) is 5.50. The maximum Gasteiger partial charge on any atom is 0.236 e. The van der Waals surface area contributed by atoms with Crippen molar-refractivity contribution in [3.63, 3.8) is 0 Å². The van der Waals surface area contributed by atoms with E-state index in [0.29, 0.717) is 23.5 Å². The van der Waals surface area contributed by atoms with Crippen molar-refractivity contribution in [2.75, 3.05) is 44.2 Å². The van der Waals surface area contributed by atoms with Crippen molar-refractivity contribution in [3.8, 4) is 0 Å². The van der Waals surface area contributed by atoms with Gasteiger partial charge in [0.15, 0.2) is 0 Å². The van der Waals surface area contributed by atoms with Gasteiger partial charge in [0.25, 0.3) is 0 Å². The number of pyridine rings is 1. The Morgan fingerprint density at radius 3 is 2.74 bits per heavy atom. The molecule has 3 heterocycles. The highest BCUT2D eigenvalue weighted by molar-refractivity contribution is 6.31. The van der Waals surface area contributed by atoms with Crippen LogP contribution in [0.25, 0.3) is 10.9 Å². The van der Waals surface area contributed by atoms with Crippen LogP contribution >= 0.6 is 11.6 Å². The summed E-state index contributed by atoms with van der Waals surface area (Å²) in [4.78, 5) is 23.9. The summed E-state index contributed by atoms with van der Waals surface area (Å²) in [7, 11) is 0. The van der Waals surface area contributed by atoms with Gasteiger partial charge in [-0.1, -0.05) is 11.6 Å². The van der Waals surface area contributed by atoms with E-state index in [0.717, 1.165) is 56.5 Å². The second-order valence-electron chi connectivity index (χ2n) is 7.69. The molecule has 1 aromatic heterocycles. The minimum Gasteiger partial charge on any atom is -0.368 e. The molecule has 0 unspecified atom stereocenters. The first kappa shape index (κ1) is 18.5. The molecule has 6 heteroatoms. The quantitative estimate of drug-likeness (QED) is 0.810. The van der Waals surface area contributed by atoms with Crippen molar-refractivity contribution >= 4 is 34.1 Å². The van der Waals surface area contributed by atoms with Crippen LogP contribution in [0.2, 0.25) is 5.02 Å². The lowest BCUT2D eigenvalue weighted by atomic mass is 10.0. The lowest BCUT2D eigenvalue weighted by Gasteiger charge is -2.39. The number of benzene rings is 1. The van der Waals surface area contributed by atoms with Crippen molar-refractivity contribution in [1.29, 1.82) is 0 Å². The third-order valence-electron chi connectivity index (χ3n) is 5.88. The predicted molar refractivity (Wildman–Crippen MR) is 110 cm³/mol. The molecule has 2 aliphatic rings. The van der Waals surface area contributed by atoms with Crippen LogP contribution in [0.3, 0.4) is 0 Å². The van der Waals surface area contributed by atoms with Gasteiger partial charge in [0, 0.05) is 61.1 Å². The molecule has 0 spiro atoms. The Morgan fingerprint density at radius 2 is 1.96 bits per heavy atom. The molecule has 4 rings (SSSR count). The van der Waals surface area contributed by atoms with E-state index in [-0.39, 0.29) is 0 Å². The van der Waals surface area contributed by atoms with Gasteiger partial charge in [0.1, 0.15) is 0 Å². The molecule has 0 radical (unpaired) electrons. The first-order valence-electron chi connectivity index (χ1n) is 9.93. The number of fused-ring (bicyclic) bond motifs is 1. The summed E-state index contributed by atoms with van der Waals surface area (Å²) >= 11 is 6.10. The number of hydrogen-bond acceptors (Lipinski definition) is 4. The summed E-state index contributed by atoms with van der Waals surface area (Å²) in [5, 5.41) is 1.84. The number of piperazine rings is 1. The lowest BCUT2D eigenvalue weighted by molar-refractivity contribution is -0.135. The van der Waals surface area contributed by atoms with Crippen LogP contribution in [0.15, 0.2) is 30.5 Å². The normalized spacial score (nSPS) is 21.6. The standard InChI is InChI=1S/C21H27ClN4O/c1-16-4-2-3-9-26(16)21(27)15-24-10-12-25(13-11-24)20-7-8-23-19-14-17(22)5-6-18(19)20/h5-8,14,16H,2-4,9-13,15H2,1H3/t16-/m0/s1. The highest BCUT2D eigenvalue weighted by atomic mass is 35.5. The minimum absolute atomic E-state index is 0.291. The van der Waals surface area contributed by atoms with Crippen molar-refractivity contribution < 1.29 is 4.79 Å². The molecule has 0 N–H and O–H groups in total. The largest absolute Gasteiger partial charge is 0.368 e. The van der Waals surface area contributed by atoms with Crippen LogP contribution in [0.5, 0.6) is 0 Å². The van der Waals surface area contributed by atoms with E-state index in [1.54, 1.807) is 0 Å². The van der Waals surface area contributed by atoms with Crippen LogP contribution in [0.1, 0.15) is 26.2 Å². The first-order valence-corrected chi connectivity index (χ1v) is 10.3. The fourth-order valence-electron chi connectivity index (χ4n) is 4.28. The Morgan fingerprint density at radius 1 is 1.15 bits per heavy atom. The van der Waals surface area contributed by atoms with Gasteiger partial charge in [-0.3, -0.25) is 14.7 Å². The highest BCUT2D eigenvalue weighted by Crippen LogP contribution is 2.28. The molecule has 27 heavy (non-hydrogen) atoms. The van der Waals surface area contributed by atoms with Crippen LogP contribution in [0.4, 0.5) is 5.69 Å². The second kappa shape index (κ2) is 8.03. The third kappa shape index (κ3) is 4.04. The fourth-order valence-corrected chi connectivity index (χ4v) is 4.45. The average Bonchev–Trinajstić information content (AvgIpc) is 2.68. The van der Waals surface area contributed by atoms with Gasteiger partial charge in [-0.15, -0.1) is 0 Å². The van der Waals surface area contributed by atoms with E-state index in [1.807, 2.05) is 24.4 Å². The number of anilines is 1. The number of nitrogens with zero attached hydrogens (tertiary/aromatic N) is 4. The Bertz CT molecular complexity index is 819. The first-order chi connectivity index (χ1) is 13.1. The SMILES string of the molecule is C[C@H]1CCCCN1C(=O)CN1CCN(c2ccnc3cc(Cl)ccc23)CC1. The van der Waals surface area contributed by atoms with Crippen molar-refractivity contribution in [2.45, 2.75) is 32.2 Å². The predicted octanol–water partition coefficient (Wildman–Crippen LogP) is 3.41. The molecule has 1 aromatic carbocycles. The molecule has 0 saturated carbocycles. The molecular weight excluding hydrogens is 360 g/mol. The van der Waals surface area contributed by atoms with Crippen LogP contribution < -0.4 is 4.90 Å². The zero-order chi connectivity index (χ0) is 18.8. The van der Waals surface area contributed by atoms with Gasteiger partial charge in [-0.05, 0) is 50.5 Å². The number of carbonyl (C=O) groups is 1. The van der Waals surface area contributed by atoms with Gasteiger partial charge >= 0.3 is 0 Å². The molecule has 2 fully saturated rings. The number of hydrogen-bond donors (Lipinski definition) is 0. The van der Waals surface area contributed by atoms with Crippen LogP contribution in [0, 0.1) is 0 Å². The molecular formula is C21H27ClN4O. The second-order valence-corrected chi connectivity index (χ2v) is 8.12.